The zero-order valence-corrected chi connectivity index (χ0v) is 11.9. The van der Waals surface area contributed by atoms with Crippen molar-refractivity contribution in [2.24, 2.45) is 0 Å². The summed E-state index contributed by atoms with van der Waals surface area (Å²) in [7, 11) is 0. The molecule has 0 bridgehead atoms. The van der Waals surface area contributed by atoms with Crippen molar-refractivity contribution >= 4 is 0 Å². The molecule has 0 radical (unpaired) electrons. The van der Waals surface area contributed by atoms with Crippen molar-refractivity contribution in [2.75, 3.05) is 26.2 Å². The van der Waals surface area contributed by atoms with E-state index in [0.29, 0.717) is 18.0 Å². The molecule has 0 aliphatic carbocycles. The van der Waals surface area contributed by atoms with Gasteiger partial charge in [-0.3, -0.25) is 4.90 Å². The van der Waals surface area contributed by atoms with E-state index in [9.17, 15) is 0 Å². The van der Waals surface area contributed by atoms with Gasteiger partial charge in [0, 0.05) is 37.6 Å². The fraction of sp³-hybridized carbons (Fsp3) is 0.625. The fourth-order valence-corrected chi connectivity index (χ4v) is 3.51. The molecule has 3 unspecified atom stereocenters. The third-order valence-electron chi connectivity index (χ3n) is 4.19. The normalized spacial score (nSPS) is 31.6. The predicted molar refractivity (Wildman–Crippen MR) is 77.8 cm³/mol. The number of ether oxygens (including phenoxy) is 1. The van der Waals surface area contributed by atoms with E-state index in [1.807, 2.05) is 0 Å². The molecule has 1 saturated heterocycles. The predicted octanol–water partition coefficient (Wildman–Crippen LogP) is 2.23. The monoisotopic (exact) mass is 260 g/mol. The summed E-state index contributed by atoms with van der Waals surface area (Å²) in [6.45, 7) is 8.89. The lowest BCUT2D eigenvalue weighted by Gasteiger charge is -2.39. The van der Waals surface area contributed by atoms with E-state index >= 15 is 0 Å². The number of nitrogens with one attached hydrogen (secondary N) is 1. The number of nitrogens with zero attached hydrogens (tertiary/aromatic N) is 1. The van der Waals surface area contributed by atoms with Crippen molar-refractivity contribution in [3.63, 3.8) is 0 Å². The Morgan fingerprint density at radius 2 is 1.95 bits per heavy atom. The van der Waals surface area contributed by atoms with Crippen LogP contribution in [-0.2, 0) is 0 Å². The molecule has 1 fully saturated rings. The molecule has 2 aliphatic rings. The molecule has 3 rings (SSSR count). The minimum absolute atomic E-state index is 0.596. The summed E-state index contributed by atoms with van der Waals surface area (Å²) < 4.78 is 5.75. The van der Waals surface area contributed by atoms with Crippen molar-refractivity contribution in [1.29, 1.82) is 0 Å². The van der Waals surface area contributed by atoms with Gasteiger partial charge in [0.25, 0.3) is 0 Å². The highest BCUT2D eigenvalue weighted by atomic mass is 16.5. The highest BCUT2D eigenvalue weighted by Gasteiger charge is 2.27. The molecule has 3 atom stereocenters. The fourth-order valence-electron chi connectivity index (χ4n) is 3.51. The average molecular weight is 260 g/mol. The van der Waals surface area contributed by atoms with E-state index in [-0.39, 0.29) is 0 Å². The number of benzene rings is 1. The van der Waals surface area contributed by atoms with Crippen molar-refractivity contribution in [3.8, 4) is 5.75 Å². The summed E-state index contributed by atoms with van der Waals surface area (Å²) in [6.07, 6.45) is 1.14. The lowest BCUT2D eigenvalue weighted by Crippen LogP contribution is -2.55. The average Bonchev–Trinajstić information content (AvgIpc) is 2.38. The SMILES string of the molecule is CC1CN(CC2CCOc3ccccc32)CC(C)N1. The second-order valence-electron chi connectivity index (χ2n) is 6.06. The van der Waals surface area contributed by atoms with Crippen molar-refractivity contribution in [2.45, 2.75) is 38.3 Å². The van der Waals surface area contributed by atoms with Crippen LogP contribution in [0, 0.1) is 0 Å². The van der Waals surface area contributed by atoms with Gasteiger partial charge in [-0.15, -0.1) is 0 Å². The topological polar surface area (TPSA) is 24.5 Å². The van der Waals surface area contributed by atoms with Crippen LogP contribution in [0.15, 0.2) is 24.3 Å². The Bertz CT molecular complexity index is 425. The lowest BCUT2D eigenvalue weighted by atomic mass is 9.92. The number of hydrogen-bond donors (Lipinski definition) is 1. The zero-order chi connectivity index (χ0) is 13.2. The van der Waals surface area contributed by atoms with Crippen molar-refractivity contribution in [1.82, 2.24) is 10.2 Å². The van der Waals surface area contributed by atoms with E-state index in [0.717, 1.165) is 38.4 Å². The molecule has 2 aliphatic heterocycles. The van der Waals surface area contributed by atoms with Crippen LogP contribution in [0.3, 0.4) is 0 Å². The standard InChI is InChI=1S/C16H24N2O/c1-12-9-18(10-13(2)17-12)11-14-7-8-19-16-6-4-3-5-15(14)16/h3-6,12-14,17H,7-11H2,1-2H3. The lowest BCUT2D eigenvalue weighted by molar-refractivity contribution is 0.151. The van der Waals surface area contributed by atoms with Crippen LogP contribution in [0.5, 0.6) is 5.75 Å². The first kappa shape index (κ1) is 12.9. The molecule has 0 aromatic heterocycles. The van der Waals surface area contributed by atoms with Crippen LogP contribution in [0.2, 0.25) is 0 Å². The first-order chi connectivity index (χ1) is 9.22. The van der Waals surface area contributed by atoms with Crippen LogP contribution in [0.1, 0.15) is 31.7 Å². The second-order valence-corrected chi connectivity index (χ2v) is 6.06. The molecule has 0 spiro atoms. The van der Waals surface area contributed by atoms with Gasteiger partial charge in [-0.2, -0.15) is 0 Å². The third-order valence-corrected chi connectivity index (χ3v) is 4.19. The van der Waals surface area contributed by atoms with E-state index in [1.54, 1.807) is 0 Å². The number of hydrogen-bond acceptors (Lipinski definition) is 3. The second kappa shape index (κ2) is 5.51. The quantitative estimate of drug-likeness (QED) is 0.882. The molecule has 2 heterocycles. The number of piperazine rings is 1. The summed E-state index contributed by atoms with van der Waals surface area (Å²) in [5.41, 5.74) is 1.40. The van der Waals surface area contributed by atoms with Crippen molar-refractivity contribution in [3.05, 3.63) is 29.8 Å². The van der Waals surface area contributed by atoms with E-state index in [1.165, 1.54) is 5.56 Å². The van der Waals surface area contributed by atoms with Gasteiger partial charge in [0.1, 0.15) is 5.75 Å². The molecule has 0 amide bonds. The Labute approximate surface area is 115 Å². The maximum atomic E-state index is 5.75. The van der Waals surface area contributed by atoms with Gasteiger partial charge in [0.2, 0.25) is 0 Å². The summed E-state index contributed by atoms with van der Waals surface area (Å²) in [4.78, 5) is 2.61. The smallest absolute Gasteiger partial charge is 0.122 e. The maximum absolute atomic E-state index is 5.75. The Balaban J connectivity index is 1.70. The Kier molecular flexibility index (Phi) is 3.76. The molecular weight excluding hydrogens is 236 g/mol. The zero-order valence-electron chi connectivity index (χ0n) is 11.9. The largest absolute Gasteiger partial charge is 0.493 e. The minimum Gasteiger partial charge on any atom is -0.493 e. The summed E-state index contributed by atoms with van der Waals surface area (Å²) in [5, 5.41) is 3.60. The van der Waals surface area contributed by atoms with E-state index in [2.05, 4.69) is 48.3 Å². The highest BCUT2D eigenvalue weighted by molar-refractivity contribution is 5.37. The Morgan fingerprint density at radius 1 is 1.21 bits per heavy atom. The minimum atomic E-state index is 0.596. The number of rotatable bonds is 2. The Hall–Kier alpha value is -1.06. The van der Waals surface area contributed by atoms with Crippen molar-refractivity contribution < 1.29 is 4.74 Å². The first-order valence-corrected chi connectivity index (χ1v) is 7.42. The van der Waals surface area contributed by atoms with Gasteiger partial charge in [-0.05, 0) is 31.9 Å². The van der Waals surface area contributed by atoms with Gasteiger partial charge in [0.05, 0.1) is 6.61 Å². The molecule has 3 heteroatoms. The van der Waals surface area contributed by atoms with Gasteiger partial charge in [0.15, 0.2) is 0 Å². The van der Waals surface area contributed by atoms with Gasteiger partial charge >= 0.3 is 0 Å². The summed E-state index contributed by atoms with van der Waals surface area (Å²) in [5.74, 6) is 1.72. The van der Waals surface area contributed by atoms with E-state index in [4.69, 9.17) is 4.74 Å². The molecule has 3 nitrogen and oxygen atoms in total. The van der Waals surface area contributed by atoms with Crippen LogP contribution < -0.4 is 10.1 Å². The number of para-hydroxylation sites is 1. The number of fused-ring (bicyclic) bond motifs is 1. The molecule has 104 valence electrons. The van der Waals surface area contributed by atoms with Crippen LogP contribution in [0.25, 0.3) is 0 Å². The van der Waals surface area contributed by atoms with Crippen LogP contribution in [0.4, 0.5) is 0 Å². The first-order valence-electron chi connectivity index (χ1n) is 7.42. The summed E-state index contributed by atoms with van der Waals surface area (Å²) >= 11 is 0. The van der Waals surface area contributed by atoms with E-state index < -0.39 is 0 Å². The highest BCUT2D eigenvalue weighted by Crippen LogP contribution is 2.34. The maximum Gasteiger partial charge on any atom is 0.122 e. The van der Waals surface area contributed by atoms with Gasteiger partial charge in [-0.1, -0.05) is 18.2 Å². The molecule has 1 aromatic rings. The molecule has 19 heavy (non-hydrogen) atoms. The van der Waals surface area contributed by atoms with Crippen LogP contribution >= 0.6 is 0 Å². The Morgan fingerprint density at radius 3 is 2.74 bits per heavy atom. The molecule has 0 saturated carbocycles. The third kappa shape index (κ3) is 2.93. The van der Waals surface area contributed by atoms with Gasteiger partial charge < -0.3 is 10.1 Å². The van der Waals surface area contributed by atoms with Crippen LogP contribution in [-0.4, -0.2) is 43.2 Å². The molecule has 1 N–H and O–H groups in total. The van der Waals surface area contributed by atoms with Gasteiger partial charge in [-0.25, -0.2) is 0 Å². The summed E-state index contributed by atoms with van der Waals surface area (Å²) in [6, 6.07) is 9.72. The molecular formula is C16H24N2O. The molecule has 1 aromatic carbocycles.